The van der Waals surface area contributed by atoms with Gasteiger partial charge < -0.3 is 20.5 Å². The second-order valence-electron chi connectivity index (χ2n) is 10.3. The monoisotopic (exact) mass is 406 g/mol. The molecule has 0 aliphatic carbocycles. The molecule has 0 atom stereocenters. The Morgan fingerprint density at radius 3 is 2.14 bits per heavy atom. The van der Waals surface area contributed by atoms with Crippen LogP contribution in [0.2, 0.25) is 0 Å². The van der Waals surface area contributed by atoms with Crippen molar-refractivity contribution in [2.75, 3.05) is 5.73 Å². The summed E-state index contributed by atoms with van der Waals surface area (Å²) in [5, 5.41) is 2.72. The number of nitrogens with two attached hydrogens (primary N) is 1. The molecule has 1 aromatic carbocycles. The van der Waals surface area contributed by atoms with Crippen molar-refractivity contribution in [3.63, 3.8) is 0 Å². The summed E-state index contributed by atoms with van der Waals surface area (Å²) in [6, 6.07) is 4.89. The minimum absolute atomic E-state index is 0.166. The van der Waals surface area contributed by atoms with Gasteiger partial charge in [0, 0.05) is 12.2 Å². The van der Waals surface area contributed by atoms with E-state index in [9.17, 15) is 9.59 Å². The van der Waals surface area contributed by atoms with E-state index < -0.39 is 23.3 Å². The fraction of sp³-hybridized carbons (Fsp3) is 0.652. The molecule has 6 heteroatoms. The van der Waals surface area contributed by atoms with Crippen LogP contribution in [0.5, 0.6) is 0 Å². The molecule has 0 aliphatic rings. The van der Waals surface area contributed by atoms with Crippen molar-refractivity contribution in [2.45, 2.75) is 92.4 Å². The van der Waals surface area contributed by atoms with Crippen molar-refractivity contribution in [2.24, 2.45) is 5.41 Å². The summed E-state index contributed by atoms with van der Waals surface area (Å²) >= 11 is 0. The van der Waals surface area contributed by atoms with Crippen molar-refractivity contribution >= 4 is 17.7 Å². The molecule has 0 fully saturated rings. The van der Waals surface area contributed by atoms with E-state index in [2.05, 4.69) is 26.1 Å². The Bertz CT molecular complexity index is 713. The molecule has 0 aromatic heterocycles. The van der Waals surface area contributed by atoms with Crippen molar-refractivity contribution in [3.8, 4) is 0 Å². The molecule has 0 aliphatic heterocycles. The number of ether oxygens (including phenoxy) is 2. The third-order valence-corrected chi connectivity index (χ3v) is 4.28. The predicted octanol–water partition coefficient (Wildman–Crippen LogP) is 5.45. The number of nitrogens with one attached hydrogen (secondary N) is 1. The second kappa shape index (κ2) is 9.51. The molecule has 164 valence electrons. The molecule has 1 aromatic rings. The number of rotatable bonds is 7. The molecule has 0 saturated heterocycles. The Balaban J connectivity index is 2.64. The number of carbonyl (C=O) groups is 2. The summed E-state index contributed by atoms with van der Waals surface area (Å²) in [5.41, 5.74) is 6.62. The minimum Gasteiger partial charge on any atom is -0.456 e. The highest BCUT2D eigenvalue weighted by molar-refractivity contribution is 5.90. The van der Waals surface area contributed by atoms with E-state index in [0.717, 1.165) is 19.3 Å². The Hall–Kier alpha value is -2.24. The number of hydrogen-bond donors (Lipinski definition) is 2. The number of anilines is 1. The fourth-order valence-electron chi connectivity index (χ4n) is 2.77. The van der Waals surface area contributed by atoms with E-state index in [1.165, 1.54) is 0 Å². The lowest BCUT2D eigenvalue weighted by atomic mass is 9.87. The predicted molar refractivity (Wildman–Crippen MR) is 117 cm³/mol. The first kappa shape index (κ1) is 24.8. The zero-order valence-corrected chi connectivity index (χ0v) is 19.3. The lowest BCUT2D eigenvalue weighted by Crippen LogP contribution is -2.34. The molecular weight excluding hydrogens is 368 g/mol. The molecule has 0 radical (unpaired) electrons. The van der Waals surface area contributed by atoms with Crippen molar-refractivity contribution in [3.05, 3.63) is 29.3 Å². The zero-order chi connectivity index (χ0) is 22.5. The topological polar surface area (TPSA) is 90.6 Å². The maximum Gasteiger partial charge on any atom is 0.407 e. The molecule has 0 bridgehead atoms. The van der Waals surface area contributed by atoms with Crippen molar-refractivity contribution < 1.29 is 19.1 Å². The van der Waals surface area contributed by atoms with Crippen LogP contribution < -0.4 is 11.1 Å². The number of carbonyl (C=O) groups excluding carboxylic acids is 2. The van der Waals surface area contributed by atoms with Gasteiger partial charge in [0.05, 0.1) is 5.56 Å². The molecule has 0 unspecified atom stereocenters. The van der Waals surface area contributed by atoms with Crippen LogP contribution in [-0.2, 0) is 16.0 Å². The van der Waals surface area contributed by atoms with Crippen LogP contribution >= 0.6 is 0 Å². The van der Waals surface area contributed by atoms with Crippen LogP contribution in [0, 0.1) is 5.41 Å². The maximum atomic E-state index is 12.2. The minimum atomic E-state index is -0.584. The average Bonchev–Trinajstić information content (AvgIpc) is 2.50. The lowest BCUT2D eigenvalue weighted by molar-refractivity contribution is 0.00691. The van der Waals surface area contributed by atoms with Gasteiger partial charge in [0.25, 0.3) is 0 Å². The Labute approximate surface area is 175 Å². The molecule has 29 heavy (non-hydrogen) atoms. The van der Waals surface area contributed by atoms with Crippen LogP contribution in [0.3, 0.4) is 0 Å². The van der Waals surface area contributed by atoms with Gasteiger partial charge in [-0.3, -0.25) is 0 Å². The SMILES string of the molecule is CC(C)(C)CCCC(C)(C)OC(=O)NCc1cc(C(=O)OC(C)(C)C)ccc1N. The summed E-state index contributed by atoms with van der Waals surface area (Å²) in [4.78, 5) is 24.5. The number of amides is 1. The van der Waals surface area contributed by atoms with E-state index in [0.29, 0.717) is 16.8 Å². The third-order valence-electron chi connectivity index (χ3n) is 4.28. The smallest absolute Gasteiger partial charge is 0.407 e. The highest BCUT2D eigenvalue weighted by atomic mass is 16.6. The Morgan fingerprint density at radius 1 is 0.966 bits per heavy atom. The van der Waals surface area contributed by atoms with Crippen LogP contribution in [-0.4, -0.2) is 23.3 Å². The van der Waals surface area contributed by atoms with Gasteiger partial charge >= 0.3 is 12.1 Å². The number of alkyl carbamates (subject to hydrolysis) is 1. The second-order valence-corrected chi connectivity index (χ2v) is 10.3. The summed E-state index contributed by atoms with van der Waals surface area (Å²) < 4.78 is 11.0. The molecule has 0 spiro atoms. The van der Waals surface area contributed by atoms with Crippen molar-refractivity contribution in [1.29, 1.82) is 0 Å². The van der Waals surface area contributed by atoms with Crippen molar-refractivity contribution in [1.82, 2.24) is 5.32 Å². The van der Waals surface area contributed by atoms with Gasteiger partial charge in [0.1, 0.15) is 11.2 Å². The zero-order valence-electron chi connectivity index (χ0n) is 19.3. The normalized spacial score (nSPS) is 12.4. The van der Waals surface area contributed by atoms with Gasteiger partial charge in [-0.1, -0.05) is 20.8 Å². The Morgan fingerprint density at radius 2 is 1.59 bits per heavy atom. The van der Waals surface area contributed by atoms with Gasteiger partial charge in [-0.15, -0.1) is 0 Å². The van der Waals surface area contributed by atoms with E-state index in [1.54, 1.807) is 18.2 Å². The van der Waals surface area contributed by atoms with Gasteiger partial charge in [-0.2, -0.15) is 0 Å². The molecular formula is C23H38N2O4. The maximum absolute atomic E-state index is 12.2. The molecule has 6 nitrogen and oxygen atoms in total. The summed E-state index contributed by atoms with van der Waals surface area (Å²) in [6.07, 6.45) is 2.32. The van der Waals surface area contributed by atoms with E-state index in [4.69, 9.17) is 15.2 Å². The number of hydrogen-bond acceptors (Lipinski definition) is 5. The standard InChI is InChI=1S/C23H38N2O4/c1-21(2,3)12-9-13-23(7,8)29-20(27)25-15-17-14-16(10-11-18(17)24)19(26)28-22(4,5)6/h10-11,14H,9,12-13,15,24H2,1-8H3,(H,25,27). The number of benzene rings is 1. The molecule has 0 saturated carbocycles. The van der Waals surface area contributed by atoms with Gasteiger partial charge in [0.15, 0.2) is 0 Å². The molecule has 0 heterocycles. The van der Waals surface area contributed by atoms with Gasteiger partial charge in [-0.05, 0) is 83.1 Å². The van der Waals surface area contributed by atoms with Crippen LogP contribution in [0.25, 0.3) is 0 Å². The van der Waals surface area contributed by atoms with Gasteiger partial charge in [-0.25, -0.2) is 9.59 Å². The highest BCUT2D eigenvalue weighted by Crippen LogP contribution is 2.26. The largest absolute Gasteiger partial charge is 0.456 e. The summed E-state index contributed by atoms with van der Waals surface area (Å²) in [5.74, 6) is -0.429. The average molecular weight is 407 g/mol. The first-order valence-electron chi connectivity index (χ1n) is 10.2. The first-order chi connectivity index (χ1) is 13.1. The quantitative estimate of drug-likeness (QED) is 0.464. The first-order valence-corrected chi connectivity index (χ1v) is 10.2. The van der Waals surface area contributed by atoms with Crippen LogP contribution in [0.1, 0.15) is 90.6 Å². The van der Waals surface area contributed by atoms with E-state index in [1.807, 2.05) is 34.6 Å². The molecule has 1 amide bonds. The van der Waals surface area contributed by atoms with Crippen LogP contribution in [0.15, 0.2) is 18.2 Å². The van der Waals surface area contributed by atoms with E-state index in [-0.39, 0.29) is 12.0 Å². The van der Waals surface area contributed by atoms with Crippen LogP contribution in [0.4, 0.5) is 10.5 Å². The fourth-order valence-corrected chi connectivity index (χ4v) is 2.77. The third kappa shape index (κ3) is 10.2. The highest BCUT2D eigenvalue weighted by Gasteiger charge is 2.24. The van der Waals surface area contributed by atoms with E-state index >= 15 is 0 Å². The number of esters is 1. The summed E-state index contributed by atoms with van der Waals surface area (Å²) in [6.45, 7) is 16.0. The lowest BCUT2D eigenvalue weighted by Gasteiger charge is -2.27. The Kier molecular flexibility index (Phi) is 8.13. The molecule has 1 rings (SSSR count). The van der Waals surface area contributed by atoms with Gasteiger partial charge in [0.2, 0.25) is 0 Å². The summed E-state index contributed by atoms with van der Waals surface area (Å²) in [7, 11) is 0. The molecule has 3 N–H and O–H groups in total. The number of nitrogen functional groups attached to an aromatic ring is 1.